The minimum Gasteiger partial charge on any atom is -0.478 e. The largest absolute Gasteiger partial charge is 0.478 e. The molecule has 2 aromatic rings. The summed E-state index contributed by atoms with van der Waals surface area (Å²) in [5, 5.41) is 8.96. The number of benzene rings is 2. The van der Waals surface area contributed by atoms with Crippen molar-refractivity contribution < 1.29 is 27.5 Å². The van der Waals surface area contributed by atoms with Crippen LogP contribution in [-0.4, -0.2) is 31.9 Å². The number of carbonyl (C=O) groups is 2. The van der Waals surface area contributed by atoms with E-state index in [0.717, 1.165) is 18.2 Å². The van der Waals surface area contributed by atoms with Crippen LogP contribution in [0.2, 0.25) is 0 Å². The van der Waals surface area contributed by atoms with E-state index in [0.29, 0.717) is 25.1 Å². The summed E-state index contributed by atoms with van der Waals surface area (Å²) in [6, 6.07) is 8.92. The highest BCUT2D eigenvalue weighted by Gasteiger charge is 2.26. The summed E-state index contributed by atoms with van der Waals surface area (Å²) in [6.07, 6.45) is 1.07. The van der Waals surface area contributed by atoms with Crippen LogP contribution in [0.15, 0.2) is 47.4 Å². The number of hydrogen-bond acceptors (Lipinski definition) is 4. The van der Waals surface area contributed by atoms with Gasteiger partial charge in [0.1, 0.15) is 5.82 Å². The second-order valence-electron chi connectivity index (χ2n) is 5.72. The van der Waals surface area contributed by atoms with Crippen LogP contribution in [0, 0.1) is 5.82 Å². The van der Waals surface area contributed by atoms with Gasteiger partial charge in [0.05, 0.1) is 21.8 Å². The first-order chi connectivity index (χ1) is 12.3. The van der Waals surface area contributed by atoms with E-state index < -0.39 is 27.4 Å². The van der Waals surface area contributed by atoms with Gasteiger partial charge in [0, 0.05) is 13.0 Å². The van der Waals surface area contributed by atoms with Crippen molar-refractivity contribution in [2.45, 2.75) is 17.7 Å². The topological polar surface area (TPSA) is 104 Å². The second kappa shape index (κ2) is 6.75. The van der Waals surface area contributed by atoms with E-state index in [1.54, 1.807) is 18.2 Å². The number of rotatable bonds is 5. The SMILES string of the molecule is O=C(O)c1cc(S(=O)(=O)Nc2ccccc2N2CCCC2=O)ccc1F. The number of para-hydroxylation sites is 2. The molecule has 0 radical (unpaired) electrons. The number of carboxylic acids is 1. The van der Waals surface area contributed by atoms with E-state index in [-0.39, 0.29) is 16.5 Å². The number of amides is 1. The Morgan fingerprint density at radius 2 is 1.92 bits per heavy atom. The number of carboxylic acid groups (broad SMARTS) is 1. The zero-order valence-electron chi connectivity index (χ0n) is 13.5. The van der Waals surface area contributed by atoms with Crippen molar-refractivity contribution in [3.05, 3.63) is 53.8 Å². The standard InChI is InChI=1S/C17H15FN2O5S/c18-13-8-7-11(10-12(13)17(22)23)26(24,25)19-14-4-1-2-5-15(14)20-9-3-6-16(20)21/h1-2,4-5,7-8,10,19H,3,6,9H2,(H,22,23). The Morgan fingerprint density at radius 1 is 1.19 bits per heavy atom. The summed E-state index contributed by atoms with van der Waals surface area (Å²) in [5.74, 6) is -2.70. The summed E-state index contributed by atoms with van der Waals surface area (Å²) < 4.78 is 41.1. The highest BCUT2D eigenvalue weighted by Crippen LogP contribution is 2.31. The number of carbonyl (C=O) groups excluding carboxylic acids is 1. The van der Waals surface area contributed by atoms with Crippen LogP contribution < -0.4 is 9.62 Å². The molecule has 0 atom stereocenters. The van der Waals surface area contributed by atoms with Gasteiger partial charge in [0.25, 0.3) is 10.0 Å². The van der Waals surface area contributed by atoms with Crippen LogP contribution in [0.1, 0.15) is 23.2 Å². The lowest BCUT2D eigenvalue weighted by Gasteiger charge is -2.20. The van der Waals surface area contributed by atoms with Crippen LogP contribution in [0.3, 0.4) is 0 Å². The number of nitrogens with zero attached hydrogens (tertiary/aromatic N) is 1. The molecule has 1 aliphatic rings. The molecule has 26 heavy (non-hydrogen) atoms. The Labute approximate surface area is 149 Å². The van der Waals surface area contributed by atoms with E-state index >= 15 is 0 Å². The van der Waals surface area contributed by atoms with Crippen LogP contribution in [0.25, 0.3) is 0 Å². The molecule has 1 aliphatic heterocycles. The number of hydrogen-bond donors (Lipinski definition) is 2. The van der Waals surface area contributed by atoms with Gasteiger partial charge in [-0.15, -0.1) is 0 Å². The van der Waals surface area contributed by atoms with Gasteiger partial charge in [-0.1, -0.05) is 12.1 Å². The molecule has 0 saturated carbocycles. The highest BCUT2D eigenvalue weighted by atomic mass is 32.2. The van der Waals surface area contributed by atoms with Crippen molar-refractivity contribution in [2.75, 3.05) is 16.2 Å². The quantitative estimate of drug-likeness (QED) is 0.832. The third-order valence-corrected chi connectivity index (χ3v) is 5.35. The Morgan fingerprint density at radius 3 is 2.58 bits per heavy atom. The number of nitrogens with one attached hydrogen (secondary N) is 1. The Bertz CT molecular complexity index is 990. The molecule has 0 aromatic heterocycles. The Balaban J connectivity index is 1.98. The van der Waals surface area contributed by atoms with E-state index in [2.05, 4.69) is 4.72 Å². The molecule has 1 amide bonds. The lowest BCUT2D eigenvalue weighted by atomic mass is 10.2. The normalized spacial score (nSPS) is 14.5. The highest BCUT2D eigenvalue weighted by molar-refractivity contribution is 7.92. The van der Waals surface area contributed by atoms with Crippen molar-refractivity contribution >= 4 is 33.3 Å². The van der Waals surface area contributed by atoms with Gasteiger partial charge < -0.3 is 10.0 Å². The van der Waals surface area contributed by atoms with Crippen molar-refractivity contribution in [1.29, 1.82) is 0 Å². The molecule has 136 valence electrons. The predicted molar refractivity (Wildman–Crippen MR) is 92.2 cm³/mol. The Hall–Kier alpha value is -2.94. The number of anilines is 2. The third kappa shape index (κ3) is 3.38. The van der Waals surface area contributed by atoms with E-state index in [4.69, 9.17) is 5.11 Å². The summed E-state index contributed by atoms with van der Waals surface area (Å²) in [6.45, 7) is 0.483. The lowest BCUT2D eigenvalue weighted by Crippen LogP contribution is -2.25. The lowest BCUT2D eigenvalue weighted by molar-refractivity contribution is -0.117. The molecular weight excluding hydrogens is 363 g/mol. The molecule has 0 spiro atoms. The minimum absolute atomic E-state index is 0.105. The molecule has 1 heterocycles. The zero-order chi connectivity index (χ0) is 18.9. The fourth-order valence-corrected chi connectivity index (χ4v) is 3.84. The van der Waals surface area contributed by atoms with Crippen molar-refractivity contribution in [2.24, 2.45) is 0 Å². The third-order valence-electron chi connectivity index (χ3n) is 3.99. The van der Waals surface area contributed by atoms with Crippen LogP contribution >= 0.6 is 0 Å². The van der Waals surface area contributed by atoms with E-state index in [1.807, 2.05) is 0 Å². The first-order valence-electron chi connectivity index (χ1n) is 7.74. The second-order valence-corrected chi connectivity index (χ2v) is 7.40. The molecule has 0 aliphatic carbocycles. The molecule has 1 saturated heterocycles. The van der Waals surface area contributed by atoms with Crippen molar-refractivity contribution in [3.8, 4) is 0 Å². The fraction of sp³-hybridized carbons (Fsp3) is 0.176. The first-order valence-corrected chi connectivity index (χ1v) is 9.23. The summed E-state index contributed by atoms with van der Waals surface area (Å²) >= 11 is 0. The molecule has 1 fully saturated rings. The summed E-state index contributed by atoms with van der Waals surface area (Å²) in [7, 11) is -4.17. The van der Waals surface area contributed by atoms with Crippen molar-refractivity contribution in [1.82, 2.24) is 0 Å². The van der Waals surface area contributed by atoms with Crippen LogP contribution in [0.5, 0.6) is 0 Å². The predicted octanol–water partition coefficient (Wildman–Crippen LogP) is 2.45. The molecule has 7 nitrogen and oxygen atoms in total. The van der Waals surface area contributed by atoms with Gasteiger partial charge in [-0.3, -0.25) is 9.52 Å². The van der Waals surface area contributed by atoms with Gasteiger partial charge in [0.2, 0.25) is 5.91 Å². The summed E-state index contributed by atoms with van der Waals surface area (Å²) in [4.78, 5) is 24.1. The molecule has 9 heteroatoms. The van der Waals surface area contributed by atoms with Gasteiger partial charge in [-0.25, -0.2) is 17.6 Å². The first kappa shape index (κ1) is 17.9. The van der Waals surface area contributed by atoms with E-state index in [9.17, 15) is 22.4 Å². The average molecular weight is 378 g/mol. The van der Waals surface area contributed by atoms with Crippen LogP contribution in [-0.2, 0) is 14.8 Å². The van der Waals surface area contributed by atoms with Crippen molar-refractivity contribution in [3.63, 3.8) is 0 Å². The molecule has 2 N–H and O–H groups in total. The van der Waals surface area contributed by atoms with Gasteiger partial charge in [-0.05, 0) is 36.8 Å². The maximum absolute atomic E-state index is 13.5. The van der Waals surface area contributed by atoms with Gasteiger partial charge in [0.15, 0.2) is 0 Å². The van der Waals surface area contributed by atoms with Gasteiger partial charge in [-0.2, -0.15) is 0 Å². The number of sulfonamides is 1. The zero-order valence-corrected chi connectivity index (χ0v) is 14.3. The fourth-order valence-electron chi connectivity index (χ4n) is 2.74. The molecule has 0 unspecified atom stereocenters. The molecular formula is C17H15FN2O5S. The minimum atomic E-state index is -4.17. The number of aromatic carboxylic acids is 1. The van der Waals surface area contributed by atoms with E-state index in [1.165, 1.54) is 11.0 Å². The maximum Gasteiger partial charge on any atom is 0.338 e. The summed E-state index contributed by atoms with van der Waals surface area (Å²) in [5.41, 5.74) is -0.140. The molecule has 2 aromatic carbocycles. The Kier molecular flexibility index (Phi) is 4.64. The smallest absolute Gasteiger partial charge is 0.338 e. The van der Waals surface area contributed by atoms with Gasteiger partial charge >= 0.3 is 5.97 Å². The number of halogens is 1. The monoisotopic (exact) mass is 378 g/mol. The van der Waals surface area contributed by atoms with Crippen LogP contribution in [0.4, 0.5) is 15.8 Å². The molecule has 3 rings (SSSR count). The average Bonchev–Trinajstić information content (AvgIpc) is 3.01. The maximum atomic E-state index is 13.5. The molecule has 0 bridgehead atoms.